The zero-order valence-electron chi connectivity index (χ0n) is 15.4. The minimum absolute atomic E-state index is 0.119. The number of carbonyl (C=O) groups excluding carboxylic acids is 1. The maximum atomic E-state index is 13.0. The molecule has 4 rings (SSSR count). The number of halogens is 3. The van der Waals surface area contributed by atoms with Crippen molar-refractivity contribution in [2.45, 2.75) is 57.8 Å². The van der Waals surface area contributed by atoms with Gasteiger partial charge in [0.1, 0.15) is 5.75 Å². The number of amides is 1. The molecule has 0 fully saturated rings. The average molecular weight is 393 g/mol. The largest absolute Gasteiger partial charge is 0.508 e. The maximum absolute atomic E-state index is 13.0. The standard InChI is InChI=1S/C20H22F3N3O2/c21-20(22,23)19-25-10-14-9-13(7-8-26(14)19)18(28)24-11-16-15-4-2-1-3-12(15)5-6-17(16)27/h5-6,10,13,27H,1-4,7-9,11H2,(H,24,28). The Labute approximate surface area is 160 Å². The third-order valence-electron chi connectivity index (χ3n) is 5.79. The summed E-state index contributed by atoms with van der Waals surface area (Å²) in [6.45, 7) is 0.353. The lowest BCUT2D eigenvalue weighted by molar-refractivity contribution is -0.147. The Kier molecular flexibility index (Phi) is 4.81. The van der Waals surface area contributed by atoms with E-state index in [4.69, 9.17) is 0 Å². The number of carbonyl (C=O) groups is 1. The molecule has 0 saturated carbocycles. The number of aromatic nitrogens is 2. The molecule has 0 spiro atoms. The van der Waals surface area contributed by atoms with Crippen LogP contribution in [0.2, 0.25) is 0 Å². The summed E-state index contributed by atoms with van der Waals surface area (Å²) in [5, 5.41) is 13.1. The van der Waals surface area contributed by atoms with E-state index in [2.05, 4.69) is 10.3 Å². The molecule has 28 heavy (non-hydrogen) atoms. The molecule has 1 aromatic heterocycles. The molecule has 1 aliphatic carbocycles. The van der Waals surface area contributed by atoms with Gasteiger partial charge in [-0.25, -0.2) is 4.98 Å². The highest BCUT2D eigenvalue weighted by Crippen LogP contribution is 2.33. The van der Waals surface area contributed by atoms with Gasteiger partial charge in [0.2, 0.25) is 11.7 Å². The second kappa shape index (κ2) is 7.14. The van der Waals surface area contributed by atoms with Crippen LogP contribution in [0, 0.1) is 5.92 Å². The Balaban J connectivity index is 1.44. The van der Waals surface area contributed by atoms with Crippen LogP contribution in [0.15, 0.2) is 18.3 Å². The van der Waals surface area contributed by atoms with Gasteiger partial charge in [-0.2, -0.15) is 13.2 Å². The van der Waals surface area contributed by atoms with Gasteiger partial charge >= 0.3 is 6.18 Å². The minimum atomic E-state index is -4.49. The van der Waals surface area contributed by atoms with Crippen LogP contribution in [-0.4, -0.2) is 20.6 Å². The van der Waals surface area contributed by atoms with Gasteiger partial charge in [-0.3, -0.25) is 4.79 Å². The van der Waals surface area contributed by atoms with Crippen molar-refractivity contribution in [2.24, 2.45) is 5.92 Å². The van der Waals surface area contributed by atoms with Crippen molar-refractivity contribution in [3.8, 4) is 5.75 Å². The lowest BCUT2D eigenvalue weighted by atomic mass is 9.87. The van der Waals surface area contributed by atoms with Gasteiger partial charge in [0.15, 0.2) is 0 Å². The van der Waals surface area contributed by atoms with Crippen molar-refractivity contribution in [3.05, 3.63) is 46.5 Å². The number of nitrogens with one attached hydrogen (secondary N) is 1. The summed E-state index contributed by atoms with van der Waals surface area (Å²) < 4.78 is 40.0. The molecule has 5 nitrogen and oxygen atoms in total. The van der Waals surface area contributed by atoms with Crippen LogP contribution in [0.3, 0.4) is 0 Å². The van der Waals surface area contributed by atoms with Gasteiger partial charge in [-0.1, -0.05) is 6.07 Å². The van der Waals surface area contributed by atoms with Gasteiger partial charge in [0.25, 0.3) is 0 Å². The Morgan fingerprint density at radius 3 is 2.86 bits per heavy atom. The number of nitrogens with zero attached hydrogens (tertiary/aromatic N) is 2. The third-order valence-corrected chi connectivity index (χ3v) is 5.79. The molecule has 2 aliphatic rings. The molecule has 1 aliphatic heterocycles. The fourth-order valence-electron chi connectivity index (χ4n) is 4.32. The highest BCUT2D eigenvalue weighted by molar-refractivity contribution is 5.79. The predicted octanol–water partition coefficient (Wildman–Crippen LogP) is 3.37. The van der Waals surface area contributed by atoms with Crippen molar-refractivity contribution in [2.75, 3.05) is 0 Å². The molecule has 8 heteroatoms. The first kappa shape index (κ1) is 18.8. The van der Waals surface area contributed by atoms with E-state index in [0.717, 1.165) is 41.4 Å². The molecule has 1 aromatic carbocycles. The number of alkyl halides is 3. The van der Waals surface area contributed by atoms with E-state index in [0.29, 0.717) is 12.1 Å². The number of fused-ring (bicyclic) bond motifs is 2. The van der Waals surface area contributed by atoms with Gasteiger partial charge in [-0.15, -0.1) is 0 Å². The Hall–Kier alpha value is -2.51. The monoisotopic (exact) mass is 393 g/mol. The highest BCUT2D eigenvalue weighted by atomic mass is 19.4. The average Bonchev–Trinajstić information content (AvgIpc) is 3.10. The molecule has 2 N–H and O–H groups in total. The topological polar surface area (TPSA) is 67.2 Å². The molecule has 1 amide bonds. The van der Waals surface area contributed by atoms with Crippen molar-refractivity contribution in [1.29, 1.82) is 0 Å². The first-order valence-electron chi connectivity index (χ1n) is 9.56. The van der Waals surface area contributed by atoms with Crippen molar-refractivity contribution >= 4 is 5.91 Å². The minimum Gasteiger partial charge on any atom is -0.508 e. The second-order valence-electron chi connectivity index (χ2n) is 7.54. The third kappa shape index (κ3) is 3.47. The lowest BCUT2D eigenvalue weighted by Crippen LogP contribution is -2.35. The quantitative estimate of drug-likeness (QED) is 0.840. The molecule has 2 heterocycles. The number of phenolic OH excluding ortho intramolecular Hbond substituents is 1. The number of aryl methyl sites for hydroxylation is 1. The Bertz CT molecular complexity index is 905. The van der Waals surface area contributed by atoms with Gasteiger partial charge in [-0.05, 0) is 49.3 Å². The number of phenols is 1. The predicted molar refractivity (Wildman–Crippen MR) is 95.6 cm³/mol. The number of hydrogen-bond acceptors (Lipinski definition) is 3. The number of aromatic hydroxyl groups is 1. The number of rotatable bonds is 3. The number of imidazole rings is 1. The summed E-state index contributed by atoms with van der Waals surface area (Å²) in [7, 11) is 0. The summed E-state index contributed by atoms with van der Waals surface area (Å²) in [5.74, 6) is -1.32. The molecule has 0 radical (unpaired) electrons. The molecule has 1 unspecified atom stereocenters. The second-order valence-corrected chi connectivity index (χ2v) is 7.54. The van der Waals surface area contributed by atoms with Crippen LogP contribution in [0.25, 0.3) is 0 Å². The van der Waals surface area contributed by atoms with Crippen molar-refractivity contribution in [1.82, 2.24) is 14.9 Å². The maximum Gasteiger partial charge on any atom is 0.449 e. The van der Waals surface area contributed by atoms with E-state index in [-0.39, 0.29) is 31.2 Å². The van der Waals surface area contributed by atoms with Crippen LogP contribution in [0.5, 0.6) is 5.75 Å². The summed E-state index contributed by atoms with van der Waals surface area (Å²) in [6.07, 6.45) is 1.33. The molecular formula is C20H22F3N3O2. The van der Waals surface area contributed by atoms with Crippen LogP contribution in [0.1, 0.15) is 47.5 Å². The summed E-state index contributed by atoms with van der Waals surface area (Å²) in [6, 6.07) is 3.61. The first-order valence-corrected chi connectivity index (χ1v) is 9.56. The summed E-state index contributed by atoms with van der Waals surface area (Å²) in [5.41, 5.74) is 3.52. The molecule has 0 bridgehead atoms. The van der Waals surface area contributed by atoms with Crippen molar-refractivity contribution < 1.29 is 23.1 Å². The summed E-state index contributed by atoms with van der Waals surface area (Å²) >= 11 is 0. The van der Waals surface area contributed by atoms with E-state index in [1.54, 1.807) is 6.07 Å². The number of hydrogen-bond donors (Lipinski definition) is 2. The van der Waals surface area contributed by atoms with E-state index in [9.17, 15) is 23.1 Å². The number of benzene rings is 1. The highest BCUT2D eigenvalue weighted by Gasteiger charge is 2.39. The summed E-state index contributed by atoms with van der Waals surface area (Å²) in [4.78, 5) is 16.1. The van der Waals surface area contributed by atoms with Gasteiger partial charge in [0, 0.05) is 42.9 Å². The zero-order chi connectivity index (χ0) is 19.9. The van der Waals surface area contributed by atoms with Gasteiger partial charge < -0.3 is 15.0 Å². The Morgan fingerprint density at radius 1 is 1.29 bits per heavy atom. The smallest absolute Gasteiger partial charge is 0.449 e. The van der Waals surface area contributed by atoms with Crippen LogP contribution in [-0.2, 0) is 43.3 Å². The normalized spacial score (nSPS) is 19.0. The van der Waals surface area contributed by atoms with Crippen LogP contribution < -0.4 is 5.32 Å². The van der Waals surface area contributed by atoms with E-state index < -0.39 is 17.9 Å². The lowest BCUT2D eigenvalue weighted by Gasteiger charge is -2.25. The SMILES string of the molecule is O=C(NCc1c(O)ccc2c1CCCC2)C1CCn2c(cnc2C(F)(F)F)C1. The van der Waals surface area contributed by atoms with Gasteiger partial charge in [0.05, 0.1) is 0 Å². The molecular weight excluding hydrogens is 371 g/mol. The van der Waals surface area contributed by atoms with Crippen LogP contribution in [0.4, 0.5) is 13.2 Å². The fraction of sp³-hybridized carbons (Fsp3) is 0.500. The fourth-order valence-corrected chi connectivity index (χ4v) is 4.32. The zero-order valence-corrected chi connectivity index (χ0v) is 15.4. The Morgan fingerprint density at radius 2 is 2.07 bits per heavy atom. The first-order chi connectivity index (χ1) is 13.3. The van der Waals surface area contributed by atoms with E-state index >= 15 is 0 Å². The molecule has 0 saturated heterocycles. The van der Waals surface area contributed by atoms with E-state index in [1.165, 1.54) is 11.8 Å². The molecule has 2 aromatic rings. The van der Waals surface area contributed by atoms with Crippen LogP contribution >= 0.6 is 0 Å². The van der Waals surface area contributed by atoms with E-state index in [1.807, 2.05) is 6.07 Å². The molecule has 1 atom stereocenters. The molecule has 150 valence electrons. The van der Waals surface area contributed by atoms with Crippen molar-refractivity contribution in [3.63, 3.8) is 0 Å².